The van der Waals surface area contributed by atoms with E-state index in [1.54, 1.807) is 29.8 Å². The summed E-state index contributed by atoms with van der Waals surface area (Å²) in [4.78, 5) is 20.8. The van der Waals surface area contributed by atoms with Crippen molar-refractivity contribution in [2.45, 2.75) is 20.3 Å². The van der Waals surface area contributed by atoms with E-state index in [9.17, 15) is 4.79 Å². The average Bonchev–Trinajstić information content (AvgIpc) is 3.38. The number of thiophene rings is 1. The third kappa shape index (κ3) is 4.40. The maximum absolute atomic E-state index is 10.9. The minimum absolute atomic E-state index is 0.103. The Hall–Kier alpha value is -4.22. The molecule has 164 valence electrons. The molecular formula is C25H22N6OS. The smallest absolute Gasteiger partial charge is 0.256 e. The van der Waals surface area contributed by atoms with Crippen molar-refractivity contribution in [3.63, 3.8) is 0 Å². The van der Waals surface area contributed by atoms with E-state index in [4.69, 9.17) is 16.5 Å². The molecule has 0 aliphatic heterocycles. The molecule has 5 aromatic rings. The Morgan fingerprint density at radius 1 is 1.21 bits per heavy atom. The lowest BCUT2D eigenvalue weighted by Gasteiger charge is -2.08. The fraction of sp³-hybridized carbons (Fsp3) is 0.120. The van der Waals surface area contributed by atoms with Gasteiger partial charge in [0.05, 0.1) is 0 Å². The lowest BCUT2D eigenvalue weighted by atomic mass is 10.0. The van der Waals surface area contributed by atoms with Crippen LogP contribution < -0.4 is 11.5 Å². The molecule has 7 nitrogen and oxygen atoms in total. The predicted octanol–water partition coefficient (Wildman–Crippen LogP) is 4.31. The van der Waals surface area contributed by atoms with Gasteiger partial charge in [-0.1, -0.05) is 43.2 Å². The molecular weight excluding hydrogens is 432 g/mol. The number of carbonyl (C=O) groups excluding carboxylic acids is 1. The maximum atomic E-state index is 10.9. The molecule has 1 amide bonds. The summed E-state index contributed by atoms with van der Waals surface area (Å²) in [5.41, 5.74) is 15.8. The van der Waals surface area contributed by atoms with Crippen LogP contribution in [0.4, 0.5) is 5.82 Å². The maximum Gasteiger partial charge on any atom is 0.256 e. The van der Waals surface area contributed by atoms with E-state index in [1.165, 1.54) is 21.0 Å². The second-order valence-electron chi connectivity index (χ2n) is 7.09. The highest BCUT2D eigenvalue weighted by molar-refractivity contribution is 7.17. The highest BCUT2D eigenvalue weighted by Crippen LogP contribution is 2.31. The van der Waals surface area contributed by atoms with E-state index < -0.39 is 5.91 Å². The summed E-state index contributed by atoms with van der Waals surface area (Å²) in [5, 5.41) is 7.13. The van der Waals surface area contributed by atoms with Gasteiger partial charge in [-0.15, -0.1) is 22.4 Å². The second-order valence-corrected chi connectivity index (χ2v) is 7.95. The first-order chi connectivity index (χ1) is 16.0. The number of primary amides is 1. The Balaban J connectivity index is 0.000000172. The van der Waals surface area contributed by atoms with E-state index in [0.29, 0.717) is 5.65 Å². The van der Waals surface area contributed by atoms with Gasteiger partial charge in [0.15, 0.2) is 11.5 Å². The van der Waals surface area contributed by atoms with Crippen LogP contribution in [0.2, 0.25) is 0 Å². The van der Waals surface area contributed by atoms with Gasteiger partial charge in [0.1, 0.15) is 10.4 Å². The van der Waals surface area contributed by atoms with Gasteiger partial charge in [0.25, 0.3) is 5.91 Å². The number of anilines is 1. The molecule has 0 bridgehead atoms. The monoisotopic (exact) mass is 454 g/mol. The van der Waals surface area contributed by atoms with Crippen LogP contribution in [-0.4, -0.2) is 25.5 Å². The predicted molar refractivity (Wildman–Crippen MR) is 133 cm³/mol. The molecule has 0 atom stereocenters. The van der Waals surface area contributed by atoms with E-state index in [2.05, 4.69) is 64.6 Å². The summed E-state index contributed by atoms with van der Waals surface area (Å²) in [7, 11) is 0. The van der Waals surface area contributed by atoms with Gasteiger partial charge in [0, 0.05) is 40.0 Å². The molecule has 1 aromatic carbocycles. The van der Waals surface area contributed by atoms with E-state index in [1.807, 2.05) is 13.0 Å². The first kappa shape index (κ1) is 22.0. The fourth-order valence-electron chi connectivity index (χ4n) is 3.50. The van der Waals surface area contributed by atoms with Crippen LogP contribution in [0.25, 0.3) is 27.0 Å². The highest BCUT2D eigenvalue weighted by atomic mass is 32.1. The lowest BCUT2D eigenvalue weighted by molar-refractivity contribution is 0.100. The number of carbonyl (C=O) groups is 1. The van der Waals surface area contributed by atoms with Crippen molar-refractivity contribution < 1.29 is 4.79 Å². The summed E-state index contributed by atoms with van der Waals surface area (Å²) < 4.78 is 1.41. The number of benzene rings is 1. The van der Waals surface area contributed by atoms with Crippen LogP contribution in [0.15, 0.2) is 60.2 Å². The number of hydrogen-bond donors (Lipinski definition) is 2. The summed E-state index contributed by atoms with van der Waals surface area (Å²) in [5.74, 6) is 5.63. The minimum atomic E-state index is -0.619. The first-order valence-corrected chi connectivity index (χ1v) is 11.2. The van der Waals surface area contributed by atoms with Crippen LogP contribution >= 0.6 is 11.3 Å². The molecule has 33 heavy (non-hydrogen) atoms. The van der Waals surface area contributed by atoms with Crippen molar-refractivity contribution in [1.82, 2.24) is 19.6 Å². The summed E-state index contributed by atoms with van der Waals surface area (Å²) in [6.45, 7) is 4.02. The van der Waals surface area contributed by atoms with E-state index >= 15 is 0 Å². The molecule has 0 aliphatic carbocycles. The van der Waals surface area contributed by atoms with Crippen LogP contribution in [-0.2, 0) is 6.42 Å². The van der Waals surface area contributed by atoms with Crippen molar-refractivity contribution in [2.24, 2.45) is 5.73 Å². The fourth-order valence-corrected chi connectivity index (χ4v) is 4.38. The number of hydrogen-bond acceptors (Lipinski definition) is 6. The molecule has 0 spiro atoms. The lowest BCUT2D eigenvalue weighted by Crippen LogP contribution is -2.12. The van der Waals surface area contributed by atoms with Gasteiger partial charge in [-0.2, -0.15) is 0 Å². The van der Waals surface area contributed by atoms with E-state index in [0.717, 1.165) is 22.5 Å². The molecule has 0 aliphatic rings. The van der Waals surface area contributed by atoms with Crippen LogP contribution in [0.5, 0.6) is 0 Å². The minimum Gasteiger partial charge on any atom is -0.381 e. The number of amides is 1. The average molecular weight is 455 g/mol. The quantitative estimate of drug-likeness (QED) is 0.395. The van der Waals surface area contributed by atoms with Crippen LogP contribution in [0.3, 0.4) is 0 Å². The Bertz CT molecular complexity index is 1510. The zero-order chi connectivity index (χ0) is 23.4. The molecule has 4 heterocycles. The van der Waals surface area contributed by atoms with Gasteiger partial charge in [-0.05, 0) is 31.0 Å². The highest BCUT2D eigenvalue weighted by Gasteiger charge is 2.15. The summed E-state index contributed by atoms with van der Waals surface area (Å²) >= 11 is 1.67. The number of nitrogen functional groups attached to an aromatic ring is 1. The molecule has 4 N–H and O–H groups in total. The topological polar surface area (TPSA) is 112 Å². The largest absolute Gasteiger partial charge is 0.381 e. The van der Waals surface area contributed by atoms with Gasteiger partial charge < -0.3 is 11.5 Å². The number of pyridine rings is 1. The van der Waals surface area contributed by atoms with Gasteiger partial charge >= 0.3 is 0 Å². The van der Waals surface area contributed by atoms with E-state index in [-0.39, 0.29) is 11.4 Å². The molecule has 0 saturated carbocycles. The number of fused-ring (bicyclic) bond motifs is 2. The number of rotatable bonds is 3. The van der Waals surface area contributed by atoms with Gasteiger partial charge in [-0.3, -0.25) is 4.79 Å². The Kier molecular flexibility index (Phi) is 6.33. The SMILES string of the molecule is CC#Cc1csc2nc(CC)c(-c3ccccc3)cc12.NC(=O)c1c(N)nn2cccnc12. The van der Waals surface area contributed by atoms with Gasteiger partial charge in [-0.25, -0.2) is 14.5 Å². The summed E-state index contributed by atoms with van der Waals surface area (Å²) in [6, 6.07) is 14.4. The normalized spacial score (nSPS) is 10.4. The zero-order valence-electron chi connectivity index (χ0n) is 18.2. The van der Waals surface area contributed by atoms with Crippen molar-refractivity contribution >= 4 is 38.9 Å². The Morgan fingerprint density at radius 3 is 2.70 bits per heavy atom. The molecule has 5 rings (SSSR count). The molecule has 0 unspecified atom stereocenters. The van der Waals surface area contributed by atoms with Crippen molar-refractivity contribution in [3.8, 4) is 23.0 Å². The Labute approximate surface area is 195 Å². The molecule has 8 heteroatoms. The van der Waals surface area contributed by atoms with Gasteiger partial charge in [0.2, 0.25) is 0 Å². The third-order valence-corrected chi connectivity index (χ3v) is 5.88. The number of nitrogens with zero attached hydrogens (tertiary/aromatic N) is 4. The first-order valence-electron chi connectivity index (χ1n) is 10.3. The number of aryl methyl sites for hydroxylation is 1. The van der Waals surface area contributed by atoms with Crippen molar-refractivity contribution in [1.29, 1.82) is 0 Å². The zero-order valence-corrected chi connectivity index (χ0v) is 19.1. The molecule has 0 saturated heterocycles. The number of nitrogens with two attached hydrogens (primary N) is 2. The summed E-state index contributed by atoms with van der Waals surface area (Å²) in [6.07, 6.45) is 4.13. The molecule has 0 fully saturated rings. The number of aromatic nitrogens is 4. The second kappa shape index (κ2) is 9.51. The van der Waals surface area contributed by atoms with Crippen molar-refractivity contribution in [3.05, 3.63) is 77.1 Å². The molecule has 4 aromatic heterocycles. The Morgan fingerprint density at radius 2 is 2.00 bits per heavy atom. The molecule has 0 radical (unpaired) electrons. The van der Waals surface area contributed by atoms with Crippen molar-refractivity contribution in [2.75, 3.05) is 5.73 Å². The third-order valence-electron chi connectivity index (χ3n) is 4.99. The standard InChI is InChI=1S/C18H15NS.C7H7N5O/c1-3-8-14-12-20-18-16(14)11-15(17(4-2)19-18)13-9-6-5-7-10-13;8-5-4(6(9)13)7-10-2-1-3-12(7)11-5/h5-7,9-12H,4H2,1-2H3;1-3H,(H2,8,11)(H2,9,13). The van der Waals surface area contributed by atoms with Crippen LogP contribution in [0, 0.1) is 11.8 Å². The van der Waals surface area contributed by atoms with Crippen LogP contribution in [0.1, 0.15) is 35.5 Å².